The van der Waals surface area contributed by atoms with Crippen LogP contribution in [0.15, 0.2) is 12.3 Å². The van der Waals surface area contributed by atoms with Crippen molar-refractivity contribution in [1.82, 2.24) is 9.78 Å². The lowest BCUT2D eigenvalue weighted by molar-refractivity contribution is -0.136. The molecule has 0 aliphatic carbocycles. The summed E-state index contributed by atoms with van der Waals surface area (Å²) < 4.78 is 7.14. The number of hydrogen-bond acceptors (Lipinski definition) is 3. The van der Waals surface area contributed by atoms with Crippen LogP contribution in [-0.2, 0) is 16.0 Å². The number of ketones is 1. The van der Waals surface area contributed by atoms with Crippen molar-refractivity contribution in [3.63, 3.8) is 0 Å². The average molecular weight is 252 g/mol. The molecule has 0 aliphatic heterocycles. The third-order valence-corrected chi connectivity index (χ3v) is 3.50. The molecule has 0 saturated heterocycles. The SMILES string of the molecule is CCC(CC)n1ccc(CC(=O)C(C)(C)OC)n1. The molecule has 0 spiro atoms. The van der Waals surface area contributed by atoms with Crippen molar-refractivity contribution in [3.8, 4) is 0 Å². The highest BCUT2D eigenvalue weighted by molar-refractivity contribution is 5.88. The Hall–Kier alpha value is -1.16. The molecule has 1 heterocycles. The van der Waals surface area contributed by atoms with Crippen LogP contribution in [0, 0.1) is 0 Å². The van der Waals surface area contributed by atoms with Crippen LogP contribution in [0.3, 0.4) is 0 Å². The van der Waals surface area contributed by atoms with E-state index >= 15 is 0 Å². The van der Waals surface area contributed by atoms with Crippen LogP contribution in [0.5, 0.6) is 0 Å². The Morgan fingerprint density at radius 2 is 2.06 bits per heavy atom. The molecule has 1 aromatic rings. The van der Waals surface area contributed by atoms with E-state index in [1.807, 2.05) is 16.9 Å². The van der Waals surface area contributed by atoms with E-state index in [2.05, 4.69) is 18.9 Å². The summed E-state index contributed by atoms with van der Waals surface area (Å²) in [5, 5.41) is 4.48. The Kier molecular flexibility index (Phi) is 5.08. The fraction of sp³-hybridized carbons (Fsp3) is 0.714. The maximum Gasteiger partial charge on any atom is 0.170 e. The second-order valence-electron chi connectivity index (χ2n) is 5.07. The maximum atomic E-state index is 12.0. The van der Waals surface area contributed by atoms with Gasteiger partial charge in [0.25, 0.3) is 0 Å². The molecule has 0 radical (unpaired) electrons. The Morgan fingerprint density at radius 1 is 1.44 bits per heavy atom. The van der Waals surface area contributed by atoms with Crippen molar-refractivity contribution >= 4 is 5.78 Å². The number of nitrogens with zero attached hydrogens (tertiary/aromatic N) is 2. The van der Waals surface area contributed by atoms with E-state index in [9.17, 15) is 4.79 Å². The Labute approximate surface area is 109 Å². The normalized spacial score (nSPS) is 12.1. The Bertz CT molecular complexity index is 392. The summed E-state index contributed by atoms with van der Waals surface area (Å²) in [6.07, 6.45) is 4.39. The molecule has 0 N–H and O–H groups in total. The van der Waals surface area contributed by atoms with Crippen LogP contribution < -0.4 is 0 Å². The summed E-state index contributed by atoms with van der Waals surface area (Å²) in [5.41, 5.74) is 0.0793. The third kappa shape index (κ3) is 3.42. The van der Waals surface area contributed by atoms with Gasteiger partial charge in [-0.3, -0.25) is 9.48 Å². The fourth-order valence-corrected chi connectivity index (χ4v) is 1.83. The van der Waals surface area contributed by atoms with Gasteiger partial charge in [0.15, 0.2) is 5.78 Å². The van der Waals surface area contributed by atoms with Crippen molar-refractivity contribution < 1.29 is 9.53 Å². The molecule has 4 heteroatoms. The van der Waals surface area contributed by atoms with Gasteiger partial charge < -0.3 is 4.74 Å². The minimum atomic E-state index is -0.737. The summed E-state index contributed by atoms with van der Waals surface area (Å²) in [6, 6.07) is 2.34. The zero-order chi connectivity index (χ0) is 13.8. The van der Waals surface area contributed by atoms with E-state index in [1.165, 1.54) is 0 Å². The van der Waals surface area contributed by atoms with Crippen LogP contribution >= 0.6 is 0 Å². The predicted octanol–water partition coefficient (Wildman–Crippen LogP) is 2.78. The largest absolute Gasteiger partial charge is 0.371 e. The standard InChI is InChI=1S/C14H24N2O2/c1-6-12(7-2)16-9-8-11(15-16)10-13(17)14(3,4)18-5/h8-9,12H,6-7,10H2,1-5H3. The summed E-state index contributed by atoms with van der Waals surface area (Å²) in [4.78, 5) is 12.0. The van der Waals surface area contributed by atoms with Crippen molar-refractivity contribution in [1.29, 1.82) is 0 Å². The van der Waals surface area contributed by atoms with Crippen molar-refractivity contribution in [2.24, 2.45) is 0 Å². The fourth-order valence-electron chi connectivity index (χ4n) is 1.83. The van der Waals surface area contributed by atoms with Gasteiger partial charge in [-0.15, -0.1) is 0 Å². The maximum absolute atomic E-state index is 12.0. The molecule has 1 rings (SSSR count). The number of Topliss-reactive ketones (excluding diaryl/α,β-unsaturated/α-hetero) is 1. The summed E-state index contributed by atoms with van der Waals surface area (Å²) >= 11 is 0. The monoisotopic (exact) mass is 252 g/mol. The average Bonchev–Trinajstić information content (AvgIpc) is 2.79. The van der Waals surface area contributed by atoms with Crippen LogP contribution in [0.2, 0.25) is 0 Å². The van der Waals surface area contributed by atoms with Gasteiger partial charge in [-0.1, -0.05) is 13.8 Å². The van der Waals surface area contributed by atoms with Gasteiger partial charge in [0.05, 0.1) is 18.2 Å². The van der Waals surface area contributed by atoms with E-state index in [-0.39, 0.29) is 5.78 Å². The molecular weight excluding hydrogens is 228 g/mol. The van der Waals surface area contributed by atoms with Crippen LogP contribution in [0.1, 0.15) is 52.3 Å². The van der Waals surface area contributed by atoms with E-state index in [0.717, 1.165) is 18.5 Å². The lowest BCUT2D eigenvalue weighted by Gasteiger charge is -2.20. The number of carbonyl (C=O) groups is 1. The lowest BCUT2D eigenvalue weighted by Crippen LogP contribution is -2.35. The number of ether oxygens (including phenoxy) is 1. The van der Waals surface area contributed by atoms with E-state index in [0.29, 0.717) is 12.5 Å². The van der Waals surface area contributed by atoms with Gasteiger partial charge in [-0.25, -0.2) is 0 Å². The van der Waals surface area contributed by atoms with Crippen LogP contribution in [-0.4, -0.2) is 28.3 Å². The van der Waals surface area contributed by atoms with Crippen LogP contribution in [0.4, 0.5) is 0 Å². The summed E-state index contributed by atoms with van der Waals surface area (Å²) in [5.74, 6) is 0.0554. The smallest absolute Gasteiger partial charge is 0.170 e. The molecule has 4 nitrogen and oxygen atoms in total. The second-order valence-corrected chi connectivity index (χ2v) is 5.07. The molecule has 1 aromatic heterocycles. The molecule has 0 amide bonds. The highest BCUT2D eigenvalue weighted by Gasteiger charge is 2.27. The minimum Gasteiger partial charge on any atom is -0.371 e. The van der Waals surface area contributed by atoms with E-state index < -0.39 is 5.60 Å². The number of aromatic nitrogens is 2. The molecule has 0 aromatic carbocycles. The molecule has 0 aliphatic rings. The highest BCUT2D eigenvalue weighted by Crippen LogP contribution is 2.16. The van der Waals surface area contributed by atoms with Gasteiger partial charge in [0, 0.05) is 13.3 Å². The van der Waals surface area contributed by atoms with Crippen molar-refractivity contribution in [2.75, 3.05) is 7.11 Å². The number of carbonyl (C=O) groups excluding carboxylic acids is 1. The van der Waals surface area contributed by atoms with Gasteiger partial charge in [-0.05, 0) is 32.8 Å². The minimum absolute atomic E-state index is 0.0554. The molecule has 18 heavy (non-hydrogen) atoms. The lowest BCUT2D eigenvalue weighted by atomic mass is 9.99. The first-order valence-electron chi connectivity index (χ1n) is 6.57. The molecule has 0 bridgehead atoms. The molecular formula is C14H24N2O2. The topological polar surface area (TPSA) is 44.1 Å². The quantitative estimate of drug-likeness (QED) is 0.749. The van der Waals surface area contributed by atoms with E-state index in [4.69, 9.17) is 4.74 Å². The first kappa shape index (κ1) is 14.9. The van der Waals surface area contributed by atoms with Gasteiger partial charge in [0.1, 0.15) is 5.60 Å². The van der Waals surface area contributed by atoms with Gasteiger partial charge >= 0.3 is 0 Å². The second kappa shape index (κ2) is 6.14. The van der Waals surface area contributed by atoms with Gasteiger partial charge in [-0.2, -0.15) is 5.10 Å². The first-order valence-corrected chi connectivity index (χ1v) is 6.57. The first-order chi connectivity index (χ1) is 8.44. The molecule has 0 unspecified atom stereocenters. The number of hydrogen-bond donors (Lipinski definition) is 0. The zero-order valence-corrected chi connectivity index (χ0v) is 12.1. The summed E-state index contributed by atoms with van der Waals surface area (Å²) in [6.45, 7) is 7.86. The predicted molar refractivity (Wildman–Crippen MR) is 71.6 cm³/mol. The highest BCUT2D eigenvalue weighted by atomic mass is 16.5. The number of rotatable bonds is 7. The Balaban J connectivity index is 2.73. The number of methoxy groups -OCH3 is 1. The zero-order valence-electron chi connectivity index (χ0n) is 12.1. The molecule has 102 valence electrons. The van der Waals surface area contributed by atoms with Crippen LogP contribution in [0.25, 0.3) is 0 Å². The molecule has 0 atom stereocenters. The van der Waals surface area contributed by atoms with E-state index in [1.54, 1.807) is 21.0 Å². The molecule has 0 fully saturated rings. The van der Waals surface area contributed by atoms with Crippen molar-refractivity contribution in [3.05, 3.63) is 18.0 Å². The van der Waals surface area contributed by atoms with Crippen molar-refractivity contribution in [2.45, 2.75) is 58.6 Å². The molecule has 0 saturated carbocycles. The summed E-state index contributed by atoms with van der Waals surface area (Å²) in [7, 11) is 1.56. The van der Waals surface area contributed by atoms with Gasteiger partial charge in [0.2, 0.25) is 0 Å². The Morgan fingerprint density at radius 3 is 2.56 bits per heavy atom. The third-order valence-electron chi connectivity index (χ3n) is 3.50.